The second kappa shape index (κ2) is 12.1. The average molecular weight is 438 g/mol. The van der Waals surface area contributed by atoms with Crippen LogP contribution in [0.2, 0.25) is 0 Å². The summed E-state index contributed by atoms with van der Waals surface area (Å²) in [5, 5.41) is 34.2. The summed E-state index contributed by atoms with van der Waals surface area (Å²) in [6.07, 6.45) is -0.743. The molecule has 1 aromatic rings. The maximum Gasteiger partial charge on any atom is 0.326 e. The lowest BCUT2D eigenvalue weighted by molar-refractivity contribution is -0.143. The van der Waals surface area contributed by atoms with Crippen molar-refractivity contribution in [2.45, 2.75) is 44.3 Å². The summed E-state index contributed by atoms with van der Waals surface area (Å²) in [4.78, 5) is 58.4. The van der Waals surface area contributed by atoms with Gasteiger partial charge in [-0.3, -0.25) is 19.2 Å². The molecule has 0 spiro atoms. The SMILES string of the molecule is CC(NC(=O)C(Cc1ccc(O)cc1)NC(=O)CN)C(=O)NC(CCC(=O)O)C(=O)O. The van der Waals surface area contributed by atoms with E-state index < -0.39 is 54.2 Å². The van der Waals surface area contributed by atoms with Gasteiger partial charge in [0.25, 0.3) is 0 Å². The first kappa shape index (κ1) is 25.4. The van der Waals surface area contributed by atoms with Crippen molar-refractivity contribution in [2.24, 2.45) is 5.73 Å². The number of carbonyl (C=O) groups excluding carboxylic acids is 3. The molecule has 0 fully saturated rings. The monoisotopic (exact) mass is 438 g/mol. The van der Waals surface area contributed by atoms with Crippen molar-refractivity contribution in [3.8, 4) is 5.75 Å². The van der Waals surface area contributed by atoms with Gasteiger partial charge in [0, 0.05) is 12.8 Å². The molecule has 1 aromatic carbocycles. The molecule has 0 radical (unpaired) electrons. The number of phenolic OH excluding ortho intramolecular Hbond substituents is 1. The number of carbonyl (C=O) groups is 5. The predicted molar refractivity (Wildman–Crippen MR) is 107 cm³/mol. The molecule has 31 heavy (non-hydrogen) atoms. The fourth-order valence-electron chi connectivity index (χ4n) is 2.53. The number of aliphatic carboxylic acids is 2. The summed E-state index contributed by atoms with van der Waals surface area (Å²) in [5.74, 6) is -4.75. The standard InChI is InChI=1S/C19H26N4O8/c1-10(17(28)23-13(19(30)31)6-7-16(26)27)21-18(29)14(22-15(25)9-20)8-11-2-4-12(24)5-3-11/h2-5,10,13-14,24H,6-9,20H2,1H3,(H,21,29)(H,22,25)(H,23,28)(H,26,27)(H,30,31). The van der Waals surface area contributed by atoms with Crippen molar-refractivity contribution in [1.29, 1.82) is 0 Å². The second-order valence-electron chi connectivity index (χ2n) is 6.76. The van der Waals surface area contributed by atoms with Gasteiger partial charge in [0.15, 0.2) is 0 Å². The van der Waals surface area contributed by atoms with E-state index in [1.165, 1.54) is 19.1 Å². The molecule has 0 aromatic heterocycles. The van der Waals surface area contributed by atoms with Gasteiger partial charge in [0.1, 0.15) is 23.9 Å². The maximum absolute atomic E-state index is 12.6. The zero-order valence-corrected chi connectivity index (χ0v) is 16.8. The molecular weight excluding hydrogens is 412 g/mol. The minimum atomic E-state index is -1.44. The van der Waals surface area contributed by atoms with Crippen molar-refractivity contribution in [3.05, 3.63) is 29.8 Å². The Labute approximate surface area is 177 Å². The fraction of sp³-hybridized carbons (Fsp3) is 0.421. The molecule has 0 aliphatic rings. The highest BCUT2D eigenvalue weighted by Crippen LogP contribution is 2.11. The lowest BCUT2D eigenvalue weighted by Gasteiger charge is -2.22. The Morgan fingerprint density at radius 3 is 2.06 bits per heavy atom. The number of carboxylic acids is 2. The van der Waals surface area contributed by atoms with Crippen molar-refractivity contribution in [2.75, 3.05) is 6.54 Å². The smallest absolute Gasteiger partial charge is 0.326 e. The van der Waals surface area contributed by atoms with E-state index in [-0.39, 0.29) is 25.1 Å². The van der Waals surface area contributed by atoms with Gasteiger partial charge in [-0.15, -0.1) is 0 Å². The summed E-state index contributed by atoms with van der Waals surface area (Å²) in [7, 11) is 0. The molecule has 0 bridgehead atoms. The quantitative estimate of drug-likeness (QED) is 0.198. The Kier molecular flexibility index (Phi) is 9.92. The largest absolute Gasteiger partial charge is 0.508 e. The number of hydrogen-bond acceptors (Lipinski definition) is 7. The molecule has 0 saturated carbocycles. The average Bonchev–Trinajstić information content (AvgIpc) is 2.71. The Hall–Kier alpha value is -3.67. The van der Waals surface area contributed by atoms with Gasteiger partial charge in [-0.05, 0) is 31.0 Å². The summed E-state index contributed by atoms with van der Waals surface area (Å²) < 4.78 is 0. The summed E-state index contributed by atoms with van der Waals surface area (Å²) >= 11 is 0. The molecule has 3 unspecified atom stereocenters. The second-order valence-corrected chi connectivity index (χ2v) is 6.76. The maximum atomic E-state index is 12.6. The van der Waals surface area contributed by atoms with E-state index in [4.69, 9.17) is 15.9 Å². The van der Waals surface area contributed by atoms with Crippen LogP contribution < -0.4 is 21.7 Å². The predicted octanol–water partition coefficient (Wildman–Crippen LogP) is -1.68. The van der Waals surface area contributed by atoms with E-state index in [0.29, 0.717) is 5.56 Å². The Balaban J connectivity index is 2.81. The summed E-state index contributed by atoms with van der Waals surface area (Å²) in [5.41, 5.74) is 5.90. The van der Waals surface area contributed by atoms with Crippen molar-refractivity contribution in [3.63, 3.8) is 0 Å². The minimum Gasteiger partial charge on any atom is -0.508 e. The van der Waals surface area contributed by atoms with Crippen LogP contribution in [-0.2, 0) is 30.4 Å². The number of rotatable bonds is 12. The molecule has 0 saturated heterocycles. The van der Waals surface area contributed by atoms with Crippen LogP contribution in [0.5, 0.6) is 5.75 Å². The number of nitrogens with two attached hydrogens (primary N) is 1. The number of phenols is 1. The topological polar surface area (TPSA) is 208 Å². The van der Waals surface area contributed by atoms with E-state index in [1.54, 1.807) is 12.1 Å². The van der Waals surface area contributed by atoms with Crippen molar-refractivity contribution < 1.29 is 39.3 Å². The fourth-order valence-corrected chi connectivity index (χ4v) is 2.53. The van der Waals surface area contributed by atoms with Crippen LogP contribution in [0.4, 0.5) is 0 Å². The third kappa shape index (κ3) is 9.12. The number of nitrogens with one attached hydrogen (secondary N) is 3. The summed E-state index contributed by atoms with van der Waals surface area (Å²) in [6.45, 7) is 0.949. The van der Waals surface area contributed by atoms with Gasteiger partial charge in [0.2, 0.25) is 17.7 Å². The van der Waals surface area contributed by atoms with E-state index in [0.717, 1.165) is 0 Å². The van der Waals surface area contributed by atoms with Gasteiger partial charge in [-0.2, -0.15) is 0 Å². The first-order chi connectivity index (χ1) is 14.5. The van der Waals surface area contributed by atoms with Crippen LogP contribution in [-0.4, -0.2) is 69.7 Å². The molecular formula is C19H26N4O8. The molecule has 0 aliphatic carbocycles. The van der Waals surface area contributed by atoms with E-state index in [2.05, 4.69) is 16.0 Å². The number of amides is 3. The van der Waals surface area contributed by atoms with Crippen molar-refractivity contribution >= 4 is 29.7 Å². The van der Waals surface area contributed by atoms with Crippen LogP contribution in [0, 0.1) is 0 Å². The van der Waals surface area contributed by atoms with Crippen LogP contribution in [0.15, 0.2) is 24.3 Å². The normalized spacial score (nSPS) is 13.4. The number of hydrogen-bond donors (Lipinski definition) is 7. The lowest BCUT2D eigenvalue weighted by Crippen LogP contribution is -2.55. The molecule has 170 valence electrons. The third-order valence-electron chi connectivity index (χ3n) is 4.23. The Morgan fingerprint density at radius 2 is 1.55 bits per heavy atom. The first-order valence-electron chi connectivity index (χ1n) is 9.36. The van der Waals surface area contributed by atoms with Gasteiger partial charge >= 0.3 is 11.9 Å². The molecule has 12 nitrogen and oxygen atoms in total. The zero-order valence-electron chi connectivity index (χ0n) is 16.8. The molecule has 0 aliphatic heterocycles. The third-order valence-corrected chi connectivity index (χ3v) is 4.23. The molecule has 1 rings (SSSR count). The Morgan fingerprint density at radius 1 is 0.935 bits per heavy atom. The van der Waals surface area contributed by atoms with Crippen LogP contribution in [0.25, 0.3) is 0 Å². The molecule has 3 amide bonds. The van der Waals surface area contributed by atoms with Gasteiger partial charge in [-0.25, -0.2) is 4.79 Å². The minimum absolute atomic E-state index is 0.0249. The van der Waals surface area contributed by atoms with Gasteiger partial charge in [-0.1, -0.05) is 12.1 Å². The molecule has 12 heteroatoms. The number of carboxylic acid groups (broad SMARTS) is 2. The van der Waals surface area contributed by atoms with Gasteiger partial charge < -0.3 is 37.0 Å². The molecule has 8 N–H and O–H groups in total. The van der Waals surface area contributed by atoms with Crippen LogP contribution >= 0.6 is 0 Å². The van der Waals surface area contributed by atoms with Crippen LogP contribution in [0.1, 0.15) is 25.3 Å². The number of aromatic hydroxyl groups is 1. The zero-order chi connectivity index (χ0) is 23.6. The lowest BCUT2D eigenvalue weighted by atomic mass is 10.0. The highest BCUT2D eigenvalue weighted by molar-refractivity contribution is 5.93. The Bertz CT molecular complexity index is 812. The summed E-state index contributed by atoms with van der Waals surface area (Å²) in [6, 6.07) is 2.24. The molecule has 0 heterocycles. The van der Waals surface area contributed by atoms with E-state index in [1.807, 2.05) is 0 Å². The molecule has 3 atom stereocenters. The first-order valence-corrected chi connectivity index (χ1v) is 9.36. The van der Waals surface area contributed by atoms with Gasteiger partial charge in [0.05, 0.1) is 6.54 Å². The highest BCUT2D eigenvalue weighted by Gasteiger charge is 2.27. The van der Waals surface area contributed by atoms with Crippen LogP contribution in [0.3, 0.4) is 0 Å². The van der Waals surface area contributed by atoms with Crippen molar-refractivity contribution in [1.82, 2.24) is 16.0 Å². The van der Waals surface area contributed by atoms with E-state index in [9.17, 15) is 29.1 Å². The van der Waals surface area contributed by atoms with E-state index >= 15 is 0 Å². The number of benzene rings is 1. The highest BCUT2D eigenvalue weighted by atomic mass is 16.4.